The zero-order valence-electron chi connectivity index (χ0n) is 10.5. The summed E-state index contributed by atoms with van der Waals surface area (Å²) in [5.74, 6) is 0. The first-order chi connectivity index (χ1) is 8.36. The van der Waals surface area contributed by atoms with Crippen molar-refractivity contribution in [2.75, 3.05) is 40.1 Å². The SMILES string of the molecule is COCCOCCOCCC(C#N)NC1CC1. The van der Waals surface area contributed by atoms with Crippen molar-refractivity contribution in [1.29, 1.82) is 5.26 Å². The molecule has 0 saturated heterocycles. The van der Waals surface area contributed by atoms with E-state index in [0.717, 1.165) is 6.42 Å². The van der Waals surface area contributed by atoms with Crippen LogP contribution >= 0.6 is 0 Å². The van der Waals surface area contributed by atoms with E-state index in [9.17, 15) is 0 Å². The summed E-state index contributed by atoms with van der Waals surface area (Å²) in [4.78, 5) is 0. The van der Waals surface area contributed by atoms with Gasteiger partial charge in [-0.3, -0.25) is 5.32 Å². The number of ether oxygens (including phenoxy) is 3. The van der Waals surface area contributed by atoms with Gasteiger partial charge in [0, 0.05) is 19.8 Å². The predicted octanol–water partition coefficient (Wildman–Crippen LogP) is 0.700. The average Bonchev–Trinajstić information content (AvgIpc) is 3.15. The van der Waals surface area contributed by atoms with Crippen LogP contribution in [0.1, 0.15) is 19.3 Å². The fourth-order valence-electron chi connectivity index (χ4n) is 1.39. The molecule has 5 heteroatoms. The monoisotopic (exact) mass is 242 g/mol. The highest BCUT2D eigenvalue weighted by atomic mass is 16.5. The first kappa shape index (κ1) is 14.4. The first-order valence-corrected chi connectivity index (χ1v) is 6.17. The lowest BCUT2D eigenvalue weighted by atomic mass is 10.2. The number of rotatable bonds is 11. The summed E-state index contributed by atoms with van der Waals surface area (Å²) in [6, 6.07) is 2.75. The van der Waals surface area contributed by atoms with E-state index in [1.165, 1.54) is 12.8 Å². The summed E-state index contributed by atoms with van der Waals surface area (Å²) < 4.78 is 15.5. The van der Waals surface area contributed by atoms with Gasteiger partial charge in [0.1, 0.15) is 0 Å². The van der Waals surface area contributed by atoms with E-state index < -0.39 is 0 Å². The fraction of sp³-hybridized carbons (Fsp3) is 0.917. The van der Waals surface area contributed by atoms with E-state index in [1.807, 2.05) is 0 Å². The number of nitriles is 1. The third-order valence-electron chi connectivity index (χ3n) is 2.52. The van der Waals surface area contributed by atoms with E-state index in [-0.39, 0.29) is 6.04 Å². The Morgan fingerprint density at radius 1 is 1.18 bits per heavy atom. The minimum Gasteiger partial charge on any atom is -0.382 e. The van der Waals surface area contributed by atoms with Crippen LogP contribution in [0.3, 0.4) is 0 Å². The number of hydrogen-bond donors (Lipinski definition) is 1. The van der Waals surface area contributed by atoms with E-state index in [1.54, 1.807) is 7.11 Å². The molecule has 17 heavy (non-hydrogen) atoms. The van der Waals surface area contributed by atoms with E-state index in [2.05, 4.69) is 11.4 Å². The summed E-state index contributed by atoms with van der Waals surface area (Å²) in [6.07, 6.45) is 3.14. The van der Waals surface area contributed by atoms with Gasteiger partial charge in [-0.15, -0.1) is 0 Å². The molecule has 1 aliphatic carbocycles. The Labute approximate surface area is 103 Å². The van der Waals surface area contributed by atoms with Crippen molar-refractivity contribution in [2.45, 2.75) is 31.3 Å². The van der Waals surface area contributed by atoms with Gasteiger partial charge in [-0.25, -0.2) is 0 Å². The summed E-state index contributed by atoms with van der Waals surface area (Å²) in [5, 5.41) is 12.2. The third-order valence-corrected chi connectivity index (χ3v) is 2.52. The minimum atomic E-state index is -0.0723. The van der Waals surface area contributed by atoms with Gasteiger partial charge in [-0.1, -0.05) is 0 Å². The number of nitrogens with zero attached hydrogens (tertiary/aromatic N) is 1. The standard InChI is InChI=1S/C12H22N2O3/c1-15-6-7-17-9-8-16-5-4-12(10-13)14-11-2-3-11/h11-12,14H,2-9H2,1H3. The maximum absolute atomic E-state index is 8.90. The third kappa shape index (κ3) is 8.11. The Morgan fingerprint density at radius 3 is 2.41 bits per heavy atom. The Morgan fingerprint density at radius 2 is 1.82 bits per heavy atom. The van der Waals surface area contributed by atoms with Crippen LogP contribution < -0.4 is 5.32 Å². The maximum Gasteiger partial charge on any atom is 0.0977 e. The molecule has 1 N–H and O–H groups in total. The highest BCUT2D eigenvalue weighted by Crippen LogP contribution is 2.19. The number of hydrogen-bond acceptors (Lipinski definition) is 5. The van der Waals surface area contributed by atoms with Gasteiger partial charge in [0.2, 0.25) is 0 Å². The lowest BCUT2D eigenvalue weighted by molar-refractivity contribution is 0.0235. The van der Waals surface area contributed by atoms with Crippen LogP contribution in [0, 0.1) is 11.3 Å². The summed E-state index contributed by atoms with van der Waals surface area (Å²) in [7, 11) is 1.65. The van der Waals surface area contributed by atoms with Gasteiger partial charge in [0.05, 0.1) is 38.5 Å². The molecule has 1 rings (SSSR count). The van der Waals surface area contributed by atoms with Crippen molar-refractivity contribution in [3.63, 3.8) is 0 Å². The second-order valence-corrected chi connectivity index (χ2v) is 4.13. The number of methoxy groups -OCH3 is 1. The quantitative estimate of drug-likeness (QED) is 0.540. The van der Waals surface area contributed by atoms with Gasteiger partial charge in [0.25, 0.3) is 0 Å². The van der Waals surface area contributed by atoms with Crippen LogP contribution in [-0.4, -0.2) is 52.2 Å². The number of nitrogens with one attached hydrogen (secondary N) is 1. The summed E-state index contributed by atoms with van der Waals surface area (Å²) in [5.41, 5.74) is 0. The fourth-order valence-corrected chi connectivity index (χ4v) is 1.39. The molecule has 98 valence electrons. The predicted molar refractivity (Wildman–Crippen MR) is 63.7 cm³/mol. The van der Waals surface area contributed by atoms with Gasteiger partial charge < -0.3 is 14.2 Å². The van der Waals surface area contributed by atoms with Crippen molar-refractivity contribution >= 4 is 0 Å². The van der Waals surface area contributed by atoms with Crippen molar-refractivity contribution < 1.29 is 14.2 Å². The molecule has 1 unspecified atom stereocenters. The highest BCUT2D eigenvalue weighted by Gasteiger charge is 2.24. The molecule has 0 bridgehead atoms. The second kappa shape index (κ2) is 9.37. The lowest BCUT2D eigenvalue weighted by Crippen LogP contribution is -2.30. The second-order valence-electron chi connectivity index (χ2n) is 4.13. The molecule has 5 nitrogen and oxygen atoms in total. The van der Waals surface area contributed by atoms with Crippen LogP contribution in [0.25, 0.3) is 0 Å². The van der Waals surface area contributed by atoms with Gasteiger partial charge in [-0.05, 0) is 19.3 Å². The molecular formula is C12H22N2O3. The molecule has 1 saturated carbocycles. The van der Waals surface area contributed by atoms with E-state index in [4.69, 9.17) is 19.5 Å². The Hall–Kier alpha value is -0.670. The topological polar surface area (TPSA) is 63.5 Å². The normalized spacial score (nSPS) is 16.7. The lowest BCUT2D eigenvalue weighted by Gasteiger charge is -2.10. The zero-order valence-corrected chi connectivity index (χ0v) is 10.5. The minimum absolute atomic E-state index is 0.0723. The summed E-state index contributed by atoms with van der Waals surface area (Å²) in [6.45, 7) is 2.97. The average molecular weight is 242 g/mol. The molecule has 0 aromatic carbocycles. The van der Waals surface area contributed by atoms with Crippen LogP contribution in [0.5, 0.6) is 0 Å². The van der Waals surface area contributed by atoms with Gasteiger partial charge >= 0.3 is 0 Å². The van der Waals surface area contributed by atoms with Crippen molar-refractivity contribution in [2.24, 2.45) is 0 Å². The first-order valence-electron chi connectivity index (χ1n) is 6.17. The van der Waals surface area contributed by atoms with Crippen LogP contribution in [0.15, 0.2) is 0 Å². The molecule has 1 atom stereocenters. The molecule has 0 aromatic heterocycles. The van der Waals surface area contributed by atoms with Crippen molar-refractivity contribution in [1.82, 2.24) is 5.32 Å². The van der Waals surface area contributed by atoms with Crippen LogP contribution in [-0.2, 0) is 14.2 Å². The molecule has 0 radical (unpaired) electrons. The molecule has 1 aliphatic rings. The Balaban J connectivity index is 1.83. The molecular weight excluding hydrogens is 220 g/mol. The van der Waals surface area contributed by atoms with E-state index in [0.29, 0.717) is 39.1 Å². The van der Waals surface area contributed by atoms with Gasteiger partial charge in [-0.2, -0.15) is 5.26 Å². The molecule has 1 fully saturated rings. The molecule has 0 aromatic rings. The van der Waals surface area contributed by atoms with E-state index >= 15 is 0 Å². The summed E-state index contributed by atoms with van der Waals surface area (Å²) >= 11 is 0. The van der Waals surface area contributed by atoms with Gasteiger partial charge in [0.15, 0.2) is 0 Å². The maximum atomic E-state index is 8.90. The highest BCUT2D eigenvalue weighted by molar-refractivity contribution is 4.95. The van der Waals surface area contributed by atoms with Crippen molar-refractivity contribution in [3.05, 3.63) is 0 Å². The molecule has 0 amide bonds. The Bertz CT molecular complexity index is 226. The Kier molecular flexibility index (Phi) is 7.93. The molecule has 0 heterocycles. The van der Waals surface area contributed by atoms with Crippen LogP contribution in [0.4, 0.5) is 0 Å². The molecule has 0 aliphatic heterocycles. The van der Waals surface area contributed by atoms with Crippen molar-refractivity contribution in [3.8, 4) is 6.07 Å². The zero-order chi connectivity index (χ0) is 12.3. The molecule has 0 spiro atoms. The smallest absolute Gasteiger partial charge is 0.0977 e. The largest absolute Gasteiger partial charge is 0.382 e. The van der Waals surface area contributed by atoms with Crippen LogP contribution in [0.2, 0.25) is 0 Å².